The molecule has 7 N–H and O–H groups in total. The first-order valence-electron chi connectivity index (χ1n) is 14.2. The minimum Gasteiger partial charge on any atom is -0.493 e. The molecule has 39 heavy (non-hydrogen) atoms. The second-order valence-electron chi connectivity index (χ2n) is 12.1. The van der Waals surface area contributed by atoms with Crippen LogP contribution in [0.5, 0.6) is 11.5 Å². The maximum absolute atomic E-state index is 11.6. The molecule has 1 aromatic rings. The lowest BCUT2D eigenvalue weighted by molar-refractivity contribution is -0.126. The fraction of sp³-hybridized carbons (Fsp3) is 0.767. The molecule has 9 nitrogen and oxygen atoms in total. The zero-order valence-electron chi connectivity index (χ0n) is 25.4. The standard InChI is InChI=1S/C30H55N3O6/c1-19(2)22(14-21-10-11-26(38-8)27(15-21)39-13-9-12-37-7)16-24(31)25(34)17-23(20(3)4)28(35)33-18-30(5,6)29(32)36/h10-11,15,19-20,22-25,28,33-35H,9,12-14,16-18,31H2,1-8H3,(H2,32,36)/t22-,23-,24-,25?,28-/m0/s1. The lowest BCUT2D eigenvalue weighted by Crippen LogP contribution is -2.49. The molecular formula is C30H55N3O6. The molecule has 1 unspecified atom stereocenters. The molecule has 0 heterocycles. The SMILES string of the molecule is COCCCOc1cc(C[C@@H](C[C@H](N)C(O)C[C@@H](C(C)C)[C@H](O)NCC(C)(C)C(N)=O)C(C)C)ccc1OC. The first-order chi connectivity index (χ1) is 18.2. The van der Waals surface area contributed by atoms with E-state index in [2.05, 4.69) is 19.2 Å². The van der Waals surface area contributed by atoms with Crippen LogP contribution in [-0.2, 0) is 16.0 Å². The van der Waals surface area contributed by atoms with Crippen molar-refractivity contribution in [2.45, 2.75) is 85.6 Å². The molecule has 1 aromatic carbocycles. The smallest absolute Gasteiger partial charge is 0.224 e. The largest absolute Gasteiger partial charge is 0.493 e. The van der Waals surface area contributed by atoms with Crippen molar-refractivity contribution < 1.29 is 29.2 Å². The fourth-order valence-corrected chi connectivity index (χ4v) is 4.56. The summed E-state index contributed by atoms with van der Waals surface area (Å²) in [4.78, 5) is 11.6. The summed E-state index contributed by atoms with van der Waals surface area (Å²) in [7, 11) is 3.30. The molecule has 0 aromatic heterocycles. The number of carbonyl (C=O) groups excluding carboxylic acids is 1. The summed E-state index contributed by atoms with van der Waals surface area (Å²) in [5.41, 5.74) is 12.3. The van der Waals surface area contributed by atoms with Gasteiger partial charge >= 0.3 is 0 Å². The van der Waals surface area contributed by atoms with Crippen LogP contribution in [-0.4, -0.2) is 68.5 Å². The Morgan fingerprint density at radius 3 is 2.23 bits per heavy atom. The van der Waals surface area contributed by atoms with Crippen LogP contribution < -0.4 is 26.3 Å². The number of hydrogen-bond donors (Lipinski definition) is 5. The Balaban J connectivity index is 2.86. The van der Waals surface area contributed by atoms with Crippen molar-refractivity contribution in [2.75, 3.05) is 34.0 Å². The van der Waals surface area contributed by atoms with E-state index in [1.807, 2.05) is 32.0 Å². The first kappa shape index (κ1) is 35.1. The molecule has 0 aliphatic heterocycles. The molecule has 1 amide bonds. The predicted octanol–water partition coefficient (Wildman–Crippen LogP) is 3.09. The average molecular weight is 554 g/mol. The van der Waals surface area contributed by atoms with E-state index in [9.17, 15) is 15.0 Å². The fourth-order valence-electron chi connectivity index (χ4n) is 4.56. The molecule has 0 radical (unpaired) electrons. The van der Waals surface area contributed by atoms with Crippen LogP contribution in [0.2, 0.25) is 0 Å². The predicted molar refractivity (Wildman–Crippen MR) is 156 cm³/mol. The van der Waals surface area contributed by atoms with Crippen LogP contribution >= 0.6 is 0 Å². The molecule has 0 aliphatic rings. The maximum atomic E-state index is 11.6. The summed E-state index contributed by atoms with van der Waals surface area (Å²) in [6, 6.07) is 5.54. The third-order valence-electron chi connectivity index (χ3n) is 7.68. The summed E-state index contributed by atoms with van der Waals surface area (Å²) in [6.45, 7) is 13.2. The Morgan fingerprint density at radius 2 is 1.69 bits per heavy atom. The van der Waals surface area contributed by atoms with Crippen LogP contribution in [0.15, 0.2) is 18.2 Å². The number of methoxy groups -OCH3 is 2. The van der Waals surface area contributed by atoms with Gasteiger partial charge in [-0.15, -0.1) is 0 Å². The lowest BCUT2D eigenvalue weighted by atomic mass is 9.80. The number of carbonyl (C=O) groups is 1. The zero-order chi connectivity index (χ0) is 29.8. The van der Waals surface area contributed by atoms with E-state index in [1.54, 1.807) is 28.1 Å². The van der Waals surface area contributed by atoms with E-state index < -0.39 is 29.7 Å². The van der Waals surface area contributed by atoms with Gasteiger partial charge in [0.15, 0.2) is 11.5 Å². The third kappa shape index (κ3) is 12.0. The average Bonchev–Trinajstić information content (AvgIpc) is 2.87. The van der Waals surface area contributed by atoms with Crippen LogP contribution in [0, 0.1) is 29.1 Å². The maximum Gasteiger partial charge on any atom is 0.224 e. The number of primary amides is 1. The molecule has 0 bridgehead atoms. The van der Waals surface area contributed by atoms with Crippen molar-refractivity contribution >= 4 is 5.91 Å². The second kappa shape index (κ2) is 17.0. The number of amides is 1. The quantitative estimate of drug-likeness (QED) is 0.122. The van der Waals surface area contributed by atoms with Crippen LogP contribution in [0.25, 0.3) is 0 Å². The molecule has 0 aliphatic carbocycles. The highest BCUT2D eigenvalue weighted by atomic mass is 16.5. The highest BCUT2D eigenvalue weighted by molar-refractivity contribution is 5.80. The van der Waals surface area contributed by atoms with Gasteiger partial charge in [0, 0.05) is 38.6 Å². The van der Waals surface area contributed by atoms with Gasteiger partial charge in [-0.3, -0.25) is 10.1 Å². The number of ether oxygens (including phenoxy) is 3. The molecule has 1 rings (SSSR count). The molecule has 0 fully saturated rings. The number of nitrogens with two attached hydrogens (primary N) is 2. The summed E-state index contributed by atoms with van der Waals surface area (Å²) in [6.07, 6.45) is 0.879. The number of rotatable bonds is 20. The van der Waals surface area contributed by atoms with Crippen LogP contribution in [0.1, 0.15) is 66.4 Å². The Labute approximate surface area is 236 Å². The minimum absolute atomic E-state index is 0.0912. The third-order valence-corrected chi connectivity index (χ3v) is 7.68. The Kier molecular flexibility index (Phi) is 15.3. The Hall–Kier alpha value is -1.91. The monoisotopic (exact) mass is 553 g/mol. The van der Waals surface area contributed by atoms with E-state index >= 15 is 0 Å². The Morgan fingerprint density at radius 1 is 1.03 bits per heavy atom. The van der Waals surface area contributed by atoms with Gasteiger partial charge in [-0.1, -0.05) is 33.8 Å². The van der Waals surface area contributed by atoms with Gasteiger partial charge in [0.05, 0.1) is 25.2 Å². The summed E-state index contributed by atoms with van der Waals surface area (Å²) < 4.78 is 16.5. The van der Waals surface area contributed by atoms with E-state index in [0.717, 1.165) is 18.4 Å². The van der Waals surface area contributed by atoms with Crippen molar-refractivity contribution in [2.24, 2.45) is 40.6 Å². The number of benzene rings is 1. The van der Waals surface area contributed by atoms with Crippen molar-refractivity contribution in [3.05, 3.63) is 23.8 Å². The van der Waals surface area contributed by atoms with Crippen molar-refractivity contribution in [1.82, 2.24) is 5.32 Å². The van der Waals surface area contributed by atoms with Crippen LogP contribution in [0.3, 0.4) is 0 Å². The highest BCUT2D eigenvalue weighted by Gasteiger charge is 2.32. The normalized spacial score (nSPS) is 16.1. The number of aliphatic hydroxyl groups excluding tert-OH is 2. The number of hydrogen-bond acceptors (Lipinski definition) is 8. The van der Waals surface area contributed by atoms with Crippen molar-refractivity contribution in [1.29, 1.82) is 0 Å². The summed E-state index contributed by atoms with van der Waals surface area (Å²) >= 11 is 0. The molecule has 5 atom stereocenters. The van der Waals surface area contributed by atoms with E-state index in [0.29, 0.717) is 43.5 Å². The highest BCUT2D eigenvalue weighted by Crippen LogP contribution is 2.32. The van der Waals surface area contributed by atoms with Gasteiger partial charge in [-0.05, 0) is 68.6 Å². The van der Waals surface area contributed by atoms with E-state index in [4.69, 9.17) is 25.7 Å². The summed E-state index contributed by atoms with van der Waals surface area (Å²) in [5.74, 6) is 1.39. The zero-order valence-corrected chi connectivity index (χ0v) is 25.4. The lowest BCUT2D eigenvalue weighted by Gasteiger charge is -2.34. The van der Waals surface area contributed by atoms with Crippen molar-refractivity contribution in [3.8, 4) is 11.5 Å². The van der Waals surface area contributed by atoms with E-state index in [-0.39, 0.29) is 24.3 Å². The molecule has 0 spiro atoms. The molecule has 226 valence electrons. The second-order valence-corrected chi connectivity index (χ2v) is 12.1. The number of aliphatic hydroxyl groups is 2. The van der Waals surface area contributed by atoms with Gasteiger partial charge < -0.3 is 35.9 Å². The van der Waals surface area contributed by atoms with Gasteiger partial charge in [0.25, 0.3) is 0 Å². The van der Waals surface area contributed by atoms with Gasteiger partial charge in [-0.2, -0.15) is 0 Å². The Bertz CT molecular complexity index is 848. The molecular weight excluding hydrogens is 498 g/mol. The molecule has 9 heteroatoms. The summed E-state index contributed by atoms with van der Waals surface area (Å²) in [5, 5.41) is 24.9. The first-order valence-corrected chi connectivity index (χ1v) is 14.2. The van der Waals surface area contributed by atoms with Crippen LogP contribution in [0.4, 0.5) is 0 Å². The van der Waals surface area contributed by atoms with Gasteiger partial charge in [-0.25, -0.2) is 0 Å². The minimum atomic E-state index is -0.895. The van der Waals surface area contributed by atoms with Crippen molar-refractivity contribution in [3.63, 3.8) is 0 Å². The molecule has 0 saturated carbocycles. The number of nitrogens with one attached hydrogen (secondary N) is 1. The molecule has 0 saturated heterocycles. The van der Waals surface area contributed by atoms with Gasteiger partial charge in [0.2, 0.25) is 5.91 Å². The van der Waals surface area contributed by atoms with Gasteiger partial charge in [0.1, 0.15) is 6.23 Å². The van der Waals surface area contributed by atoms with E-state index in [1.165, 1.54) is 0 Å². The topological polar surface area (TPSA) is 149 Å².